The maximum Gasteiger partial charge on any atom is 0.328 e. The van der Waals surface area contributed by atoms with Crippen molar-refractivity contribution in [2.75, 3.05) is 7.11 Å². The summed E-state index contributed by atoms with van der Waals surface area (Å²) in [6.07, 6.45) is 7.81. The molecule has 8 nitrogen and oxygen atoms in total. The third kappa shape index (κ3) is 3.49. The van der Waals surface area contributed by atoms with Crippen LogP contribution in [0.5, 0.6) is 11.5 Å². The van der Waals surface area contributed by atoms with Gasteiger partial charge < -0.3 is 9.47 Å². The average Bonchev–Trinajstić information content (AvgIpc) is 2.70. The van der Waals surface area contributed by atoms with E-state index in [0.29, 0.717) is 34.8 Å². The second-order valence-electron chi connectivity index (χ2n) is 9.29. The van der Waals surface area contributed by atoms with Gasteiger partial charge in [0.1, 0.15) is 5.57 Å². The molecule has 4 aliphatic carbocycles. The molecule has 0 atom stereocenters. The van der Waals surface area contributed by atoms with Gasteiger partial charge in [0.05, 0.1) is 12.5 Å². The largest absolute Gasteiger partial charge is 0.493 e. The highest BCUT2D eigenvalue weighted by Gasteiger charge is 2.55. The lowest BCUT2D eigenvalue weighted by Gasteiger charge is -2.55. The Labute approximate surface area is 179 Å². The minimum atomic E-state index is -0.850. The summed E-state index contributed by atoms with van der Waals surface area (Å²) in [5.74, 6) is 0.826. The van der Waals surface area contributed by atoms with E-state index >= 15 is 0 Å². The van der Waals surface area contributed by atoms with Crippen molar-refractivity contribution in [3.63, 3.8) is 0 Å². The number of amides is 4. The molecule has 1 aliphatic heterocycles. The maximum absolute atomic E-state index is 13.2. The van der Waals surface area contributed by atoms with Gasteiger partial charge in [-0.3, -0.25) is 25.0 Å². The Balaban J connectivity index is 1.37. The van der Waals surface area contributed by atoms with E-state index in [9.17, 15) is 19.2 Å². The van der Waals surface area contributed by atoms with Crippen LogP contribution in [0, 0.1) is 23.2 Å². The van der Waals surface area contributed by atoms with Crippen molar-refractivity contribution in [1.29, 1.82) is 0 Å². The number of hydrogen-bond donors (Lipinski definition) is 2. The van der Waals surface area contributed by atoms with Gasteiger partial charge in [-0.2, -0.15) is 0 Å². The summed E-state index contributed by atoms with van der Waals surface area (Å²) < 4.78 is 11.2. The molecular weight excluding hydrogens is 400 g/mol. The molecule has 6 rings (SSSR count). The van der Waals surface area contributed by atoms with Crippen molar-refractivity contribution in [1.82, 2.24) is 10.6 Å². The van der Waals surface area contributed by atoms with E-state index in [-0.39, 0.29) is 17.0 Å². The normalized spacial score (nSPS) is 31.2. The molecule has 0 aromatic heterocycles. The summed E-state index contributed by atoms with van der Waals surface area (Å²) in [7, 11) is 1.47. The first-order valence-electron chi connectivity index (χ1n) is 10.6. The minimum Gasteiger partial charge on any atom is -0.493 e. The first-order valence-corrected chi connectivity index (χ1v) is 10.6. The van der Waals surface area contributed by atoms with Crippen LogP contribution in [0.15, 0.2) is 23.8 Å². The molecule has 31 heavy (non-hydrogen) atoms. The first kappa shape index (κ1) is 19.8. The van der Waals surface area contributed by atoms with E-state index in [1.807, 2.05) is 10.6 Å². The van der Waals surface area contributed by atoms with Gasteiger partial charge >= 0.3 is 12.0 Å². The Bertz CT molecular complexity index is 970. The fourth-order valence-corrected chi connectivity index (χ4v) is 6.20. The average molecular weight is 424 g/mol. The van der Waals surface area contributed by atoms with Crippen molar-refractivity contribution in [2.24, 2.45) is 23.2 Å². The number of barbiturate groups is 1. The maximum atomic E-state index is 13.2. The van der Waals surface area contributed by atoms with Gasteiger partial charge in [-0.15, -0.1) is 0 Å². The molecule has 1 heterocycles. The highest BCUT2D eigenvalue weighted by atomic mass is 16.6. The number of rotatable bonds is 4. The van der Waals surface area contributed by atoms with Crippen LogP contribution in [-0.2, 0) is 14.4 Å². The van der Waals surface area contributed by atoms with Crippen molar-refractivity contribution in [3.8, 4) is 11.5 Å². The fourth-order valence-electron chi connectivity index (χ4n) is 6.20. The molecule has 5 aliphatic rings. The molecule has 5 fully saturated rings. The van der Waals surface area contributed by atoms with Gasteiger partial charge in [0, 0.05) is 0 Å². The molecule has 4 saturated carbocycles. The van der Waals surface area contributed by atoms with E-state index in [1.54, 1.807) is 18.2 Å². The van der Waals surface area contributed by atoms with Crippen molar-refractivity contribution < 1.29 is 28.7 Å². The summed E-state index contributed by atoms with van der Waals surface area (Å²) >= 11 is 0. The standard InChI is InChI=1S/C23H24N2O6/c1-30-18-8-12(7-16-19(26)24-22(29)25-20(16)27)2-3-17(18)31-21(28)23-9-13-4-14(10-23)6-15(5-13)11-23/h2-3,7-8,13-15H,4-6,9-11H2,1H3,(H2,24,25,26,27,29). The minimum absolute atomic E-state index is 0.180. The van der Waals surface area contributed by atoms with Crippen LogP contribution in [0.2, 0.25) is 0 Å². The van der Waals surface area contributed by atoms with Crippen molar-refractivity contribution in [3.05, 3.63) is 29.3 Å². The predicted octanol–water partition coefficient (Wildman–Crippen LogP) is 2.57. The van der Waals surface area contributed by atoms with E-state index in [2.05, 4.69) is 0 Å². The molecule has 0 spiro atoms. The van der Waals surface area contributed by atoms with Crippen LogP contribution < -0.4 is 20.1 Å². The summed E-state index contributed by atoms with van der Waals surface area (Å²) in [5.41, 5.74) is -0.0772. The Kier molecular flexibility index (Phi) is 4.60. The van der Waals surface area contributed by atoms with Gasteiger partial charge in [-0.1, -0.05) is 6.07 Å². The molecule has 1 aromatic carbocycles. The van der Waals surface area contributed by atoms with Crippen LogP contribution in [-0.4, -0.2) is 30.9 Å². The zero-order valence-corrected chi connectivity index (χ0v) is 17.2. The lowest BCUT2D eigenvalue weighted by molar-refractivity contribution is -0.161. The van der Waals surface area contributed by atoms with Gasteiger partial charge in [0.15, 0.2) is 11.5 Å². The second kappa shape index (κ2) is 7.21. The lowest BCUT2D eigenvalue weighted by Crippen LogP contribution is -2.51. The predicted molar refractivity (Wildman–Crippen MR) is 109 cm³/mol. The Morgan fingerprint density at radius 1 is 0.968 bits per heavy atom. The zero-order chi connectivity index (χ0) is 21.8. The number of imide groups is 2. The second-order valence-corrected chi connectivity index (χ2v) is 9.29. The monoisotopic (exact) mass is 424 g/mol. The molecule has 0 unspecified atom stereocenters. The number of carbonyl (C=O) groups excluding carboxylic acids is 4. The molecule has 2 N–H and O–H groups in total. The first-order chi connectivity index (χ1) is 14.8. The Hall–Kier alpha value is -3.16. The molecule has 1 saturated heterocycles. The van der Waals surface area contributed by atoms with Crippen LogP contribution in [0.1, 0.15) is 44.1 Å². The van der Waals surface area contributed by atoms with Crippen molar-refractivity contribution >= 4 is 29.9 Å². The number of urea groups is 1. The number of carbonyl (C=O) groups is 4. The summed E-state index contributed by atoms with van der Waals surface area (Å²) in [5, 5.41) is 4.06. The van der Waals surface area contributed by atoms with Gasteiger partial charge in [0.2, 0.25) is 0 Å². The third-order valence-corrected chi connectivity index (χ3v) is 7.12. The number of ether oxygens (including phenoxy) is 2. The number of methoxy groups -OCH3 is 1. The Morgan fingerprint density at radius 2 is 1.55 bits per heavy atom. The summed E-state index contributed by atoms with van der Waals surface area (Å²) in [6.45, 7) is 0. The lowest BCUT2D eigenvalue weighted by atomic mass is 9.49. The van der Waals surface area contributed by atoms with Crippen molar-refractivity contribution in [2.45, 2.75) is 38.5 Å². The Morgan fingerprint density at radius 3 is 2.10 bits per heavy atom. The van der Waals surface area contributed by atoms with Crippen LogP contribution in [0.25, 0.3) is 6.08 Å². The van der Waals surface area contributed by atoms with E-state index in [0.717, 1.165) is 19.3 Å². The highest BCUT2D eigenvalue weighted by molar-refractivity contribution is 6.31. The van der Waals surface area contributed by atoms with Gasteiger partial charge in [0.25, 0.3) is 11.8 Å². The van der Waals surface area contributed by atoms with Gasteiger partial charge in [-0.05, 0) is 80.1 Å². The molecule has 8 heteroatoms. The van der Waals surface area contributed by atoms with E-state index in [4.69, 9.17) is 9.47 Å². The number of esters is 1. The third-order valence-electron chi connectivity index (χ3n) is 7.12. The fraction of sp³-hybridized carbons (Fsp3) is 0.478. The molecule has 1 aromatic rings. The number of benzene rings is 1. The van der Waals surface area contributed by atoms with E-state index in [1.165, 1.54) is 32.4 Å². The van der Waals surface area contributed by atoms with E-state index < -0.39 is 17.8 Å². The molecule has 4 bridgehead atoms. The summed E-state index contributed by atoms with van der Waals surface area (Å²) in [6, 6.07) is 3.98. The SMILES string of the molecule is COc1cc(C=C2C(=O)NC(=O)NC2=O)ccc1OC(=O)C12CC3CC(CC(C3)C1)C2. The number of hydrogen-bond acceptors (Lipinski definition) is 6. The summed E-state index contributed by atoms with van der Waals surface area (Å²) in [4.78, 5) is 48.3. The van der Waals surface area contributed by atoms with Crippen LogP contribution in [0.4, 0.5) is 4.79 Å². The zero-order valence-electron chi connectivity index (χ0n) is 17.2. The molecule has 4 amide bonds. The smallest absolute Gasteiger partial charge is 0.328 e. The highest BCUT2D eigenvalue weighted by Crippen LogP contribution is 2.60. The topological polar surface area (TPSA) is 111 Å². The van der Waals surface area contributed by atoms with Crippen LogP contribution >= 0.6 is 0 Å². The quantitative estimate of drug-likeness (QED) is 0.333. The molecular formula is C23H24N2O6. The van der Waals surface area contributed by atoms with Gasteiger partial charge in [-0.25, -0.2) is 4.79 Å². The number of nitrogens with one attached hydrogen (secondary N) is 2. The molecule has 0 radical (unpaired) electrons. The van der Waals surface area contributed by atoms with Crippen LogP contribution in [0.3, 0.4) is 0 Å². The molecule has 162 valence electrons.